The number of benzene rings is 10. The molecule has 1 aliphatic rings. The van der Waals surface area contributed by atoms with Crippen molar-refractivity contribution in [3.05, 3.63) is 229 Å². The maximum absolute atomic E-state index is 6.59. The Kier molecular flexibility index (Phi) is 6.62. The molecule has 0 bridgehead atoms. The quantitative estimate of drug-likeness (QED) is 0.177. The number of furan rings is 1. The first-order valence-corrected chi connectivity index (χ1v) is 19.4. The lowest BCUT2D eigenvalue weighted by atomic mass is 9.65. The van der Waals surface area contributed by atoms with E-state index in [2.05, 4.69) is 206 Å². The Morgan fingerprint density at radius 3 is 1.71 bits per heavy atom. The molecule has 1 heterocycles. The summed E-state index contributed by atoms with van der Waals surface area (Å²) in [6.45, 7) is 0. The molecule has 56 heavy (non-hydrogen) atoms. The normalized spacial score (nSPS) is 13.1. The van der Waals surface area contributed by atoms with Gasteiger partial charge in [0.15, 0.2) is 0 Å². The van der Waals surface area contributed by atoms with E-state index in [-0.39, 0.29) is 0 Å². The van der Waals surface area contributed by atoms with Crippen LogP contribution in [0.5, 0.6) is 0 Å². The molecule has 0 unspecified atom stereocenters. The van der Waals surface area contributed by atoms with E-state index in [1.54, 1.807) is 0 Å². The van der Waals surface area contributed by atoms with Gasteiger partial charge < -0.3 is 4.42 Å². The largest absolute Gasteiger partial charge is 0.456 e. The van der Waals surface area contributed by atoms with Crippen LogP contribution in [0.25, 0.3) is 87.6 Å². The third-order valence-electron chi connectivity index (χ3n) is 12.3. The highest BCUT2D eigenvalue weighted by atomic mass is 16.3. The van der Waals surface area contributed by atoms with E-state index in [0.29, 0.717) is 0 Å². The maximum atomic E-state index is 6.59. The third-order valence-corrected chi connectivity index (χ3v) is 12.3. The van der Waals surface area contributed by atoms with Crippen LogP contribution in [0.15, 0.2) is 211 Å². The van der Waals surface area contributed by atoms with Crippen LogP contribution < -0.4 is 0 Å². The van der Waals surface area contributed by atoms with Crippen LogP contribution in [0.1, 0.15) is 22.3 Å². The van der Waals surface area contributed by atoms with E-state index in [4.69, 9.17) is 4.42 Å². The fraction of sp³-hybridized carbons (Fsp3) is 0.0182. The molecule has 260 valence electrons. The van der Waals surface area contributed by atoms with Crippen molar-refractivity contribution in [1.82, 2.24) is 0 Å². The molecule has 0 fully saturated rings. The van der Waals surface area contributed by atoms with Crippen molar-refractivity contribution in [1.29, 1.82) is 0 Å². The minimum absolute atomic E-state index is 0.623. The maximum Gasteiger partial charge on any atom is 0.136 e. The summed E-state index contributed by atoms with van der Waals surface area (Å²) in [4.78, 5) is 0. The fourth-order valence-corrected chi connectivity index (χ4v) is 9.96. The van der Waals surface area contributed by atoms with Crippen molar-refractivity contribution < 1.29 is 4.42 Å². The summed E-state index contributed by atoms with van der Waals surface area (Å²) in [5.74, 6) is 0. The lowest BCUT2D eigenvalue weighted by Gasteiger charge is -2.36. The van der Waals surface area contributed by atoms with Crippen LogP contribution in [0.3, 0.4) is 0 Å². The Morgan fingerprint density at radius 2 is 0.946 bits per heavy atom. The molecular weight excluding hydrogens is 677 g/mol. The second-order valence-electron chi connectivity index (χ2n) is 15.1. The second-order valence-corrected chi connectivity index (χ2v) is 15.1. The van der Waals surface area contributed by atoms with Gasteiger partial charge in [-0.15, -0.1) is 0 Å². The molecule has 10 aromatic carbocycles. The molecule has 1 heteroatoms. The summed E-state index contributed by atoms with van der Waals surface area (Å²) in [6, 6.07) is 76.1. The molecule has 1 nitrogen and oxygen atoms in total. The van der Waals surface area contributed by atoms with E-state index < -0.39 is 5.41 Å². The first-order chi connectivity index (χ1) is 27.8. The highest BCUT2D eigenvalue weighted by Crippen LogP contribution is 2.61. The average Bonchev–Trinajstić information content (AvgIpc) is 3.79. The SMILES string of the molecule is c1ccc(C2(c3ccccc3)c3cc(-c4cccc5oc6cc7ccccc7cc6c45)ccc3-c3c2c(-c2cccc4ccccc24)cc2ccccc32)cc1. The van der Waals surface area contributed by atoms with Gasteiger partial charge in [0.05, 0.1) is 5.41 Å². The molecule has 11 aromatic rings. The predicted octanol–water partition coefficient (Wildman–Crippen LogP) is 14.7. The lowest BCUT2D eigenvalue weighted by Crippen LogP contribution is -2.29. The predicted molar refractivity (Wildman–Crippen MR) is 234 cm³/mol. The second kappa shape index (κ2) is 11.9. The fourth-order valence-electron chi connectivity index (χ4n) is 9.96. The van der Waals surface area contributed by atoms with Gasteiger partial charge in [-0.2, -0.15) is 0 Å². The summed E-state index contributed by atoms with van der Waals surface area (Å²) in [5.41, 5.74) is 13.7. The Labute approximate surface area is 324 Å². The zero-order chi connectivity index (χ0) is 36.8. The van der Waals surface area contributed by atoms with Crippen molar-refractivity contribution in [3.8, 4) is 33.4 Å². The Hall–Kier alpha value is -7.22. The molecular formula is C55H34O. The van der Waals surface area contributed by atoms with Crippen molar-refractivity contribution in [2.75, 3.05) is 0 Å². The van der Waals surface area contributed by atoms with Crippen LogP contribution in [0.4, 0.5) is 0 Å². The third kappa shape index (κ3) is 4.31. The van der Waals surface area contributed by atoms with E-state index in [1.807, 2.05) is 0 Å². The van der Waals surface area contributed by atoms with E-state index in [0.717, 1.165) is 21.9 Å². The summed E-state index contributed by atoms with van der Waals surface area (Å²) in [6.07, 6.45) is 0. The molecule has 0 radical (unpaired) electrons. The van der Waals surface area contributed by atoms with E-state index >= 15 is 0 Å². The molecule has 12 rings (SSSR count). The first kappa shape index (κ1) is 31.2. The Morgan fingerprint density at radius 1 is 0.339 bits per heavy atom. The molecule has 0 amide bonds. The van der Waals surface area contributed by atoms with Gasteiger partial charge in [0.25, 0.3) is 0 Å². The van der Waals surface area contributed by atoms with Gasteiger partial charge in [-0.25, -0.2) is 0 Å². The molecule has 1 aromatic heterocycles. The minimum atomic E-state index is -0.623. The molecule has 1 aliphatic carbocycles. The smallest absolute Gasteiger partial charge is 0.136 e. The lowest BCUT2D eigenvalue weighted by molar-refractivity contribution is 0.669. The van der Waals surface area contributed by atoms with Gasteiger partial charge in [0.2, 0.25) is 0 Å². The zero-order valence-electron chi connectivity index (χ0n) is 30.5. The number of rotatable bonds is 4. The number of hydrogen-bond acceptors (Lipinski definition) is 1. The van der Waals surface area contributed by atoms with Crippen LogP contribution in [-0.2, 0) is 5.41 Å². The van der Waals surface area contributed by atoms with E-state index in [9.17, 15) is 0 Å². The molecule has 0 spiro atoms. The van der Waals surface area contributed by atoms with Gasteiger partial charge in [-0.05, 0) is 118 Å². The summed E-state index contributed by atoms with van der Waals surface area (Å²) in [5, 5.41) is 9.68. The van der Waals surface area contributed by atoms with Gasteiger partial charge >= 0.3 is 0 Å². The number of fused-ring (bicyclic) bond motifs is 10. The highest BCUT2D eigenvalue weighted by molar-refractivity contribution is 6.16. The average molecular weight is 711 g/mol. The van der Waals surface area contributed by atoms with Crippen LogP contribution in [0, 0.1) is 0 Å². The van der Waals surface area contributed by atoms with Crippen molar-refractivity contribution in [3.63, 3.8) is 0 Å². The van der Waals surface area contributed by atoms with Crippen LogP contribution in [0.2, 0.25) is 0 Å². The van der Waals surface area contributed by atoms with Crippen molar-refractivity contribution >= 4 is 54.3 Å². The van der Waals surface area contributed by atoms with Gasteiger partial charge in [0, 0.05) is 10.8 Å². The van der Waals surface area contributed by atoms with Crippen molar-refractivity contribution in [2.45, 2.75) is 5.41 Å². The standard InChI is InChI=1S/C55H34O/c1-3-20-40(21-4-1)55(41-22-5-2-6-23-41)49-33-39(43-26-14-28-50-52(43)48-31-36-16-7-8-17-37(36)34-51(48)56-50)29-30-46(49)53-44-25-12-10-18-38(44)32-47(54(53)55)45-27-13-19-35-15-9-11-24-42(35)45/h1-34H. The first-order valence-electron chi connectivity index (χ1n) is 19.4. The Balaban J connectivity index is 1.24. The molecule has 0 N–H and O–H groups in total. The topological polar surface area (TPSA) is 13.1 Å². The molecule has 0 atom stereocenters. The molecule has 0 saturated heterocycles. The molecule has 0 aliphatic heterocycles. The van der Waals surface area contributed by atoms with Gasteiger partial charge in [-0.1, -0.05) is 176 Å². The highest BCUT2D eigenvalue weighted by Gasteiger charge is 2.48. The Bertz CT molecular complexity index is 3310. The van der Waals surface area contributed by atoms with E-state index in [1.165, 1.54) is 88.0 Å². The summed E-state index contributed by atoms with van der Waals surface area (Å²) < 4.78 is 6.59. The summed E-state index contributed by atoms with van der Waals surface area (Å²) >= 11 is 0. The summed E-state index contributed by atoms with van der Waals surface area (Å²) in [7, 11) is 0. The van der Waals surface area contributed by atoms with Crippen LogP contribution >= 0.6 is 0 Å². The number of hydrogen-bond donors (Lipinski definition) is 0. The minimum Gasteiger partial charge on any atom is -0.456 e. The zero-order valence-corrected chi connectivity index (χ0v) is 30.5. The monoisotopic (exact) mass is 710 g/mol. The van der Waals surface area contributed by atoms with Crippen LogP contribution in [-0.4, -0.2) is 0 Å². The van der Waals surface area contributed by atoms with Gasteiger partial charge in [0.1, 0.15) is 11.2 Å². The van der Waals surface area contributed by atoms with Crippen molar-refractivity contribution in [2.24, 2.45) is 0 Å². The molecule has 0 saturated carbocycles. The van der Waals surface area contributed by atoms with Gasteiger partial charge in [-0.3, -0.25) is 0 Å².